The molecule has 0 aromatic carbocycles. The van der Waals surface area contributed by atoms with Crippen LogP contribution in [0, 0.1) is 11.8 Å². The van der Waals surface area contributed by atoms with Gasteiger partial charge >= 0.3 is 0 Å². The van der Waals surface area contributed by atoms with E-state index in [0.717, 1.165) is 5.13 Å². The predicted octanol–water partition coefficient (Wildman–Crippen LogP) is 0.973. The van der Waals surface area contributed by atoms with Crippen LogP contribution in [0.25, 0.3) is 0 Å². The molecule has 1 rings (SSSR count). The van der Waals surface area contributed by atoms with Gasteiger partial charge in [-0.1, -0.05) is 5.92 Å². The summed E-state index contributed by atoms with van der Waals surface area (Å²) in [6.45, 7) is 2.45. The van der Waals surface area contributed by atoms with E-state index in [1.165, 1.54) is 17.9 Å². The molecule has 0 aliphatic carbocycles. The summed E-state index contributed by atoms with van der Waals surface area (Å²) in [5.74, 6) is 5.64. The van der Waals surface area contributed by atoms with Gasteiger partial charge in [0.2, 0.25) is 5.13 Å². The van der Waals surface area contributed by atoms with Gasteiger partial charge in [0.15, 0.2) is 0 Å². The Morgan fingerprint density at radius 1 is 1.80 bits per heavy atom. The van der Waals surface area contributed by atoms with Crippen LogP contribution in [0.3, 0.4) is 0 Å². The first-order valence-electron chi connectivity index (χ1n) is 2.83. The van der Waals surface area contributed by atoms with Crippen LogP contribution in [0.5, 0.6) is 0 Å². The van der Waals surface area contributed by atoms with Crippen LogP contribution >= 0.6 is 11.5 Å². The summed E-state index contributed by atoms with van der Waals surface area (Å²) in [6.07, 6.45) is 1.52. The lowest BCUT2D eigenvalue weighted by Gasteiger charge is -1.90. The van der Waals surface area contributed by atoms with Gasteiger partial charge in [0.1, 0.15) is 6.33 Å². The van der Waals surface area contributed by atoms with Gasteiger partial charge in [-0.15, -0.1) is 5.92 Å². The van der Waals surface area contributed by atoms with Crippen molar-refractivity contribution < 1.29 is 0 Å². The van der Waals surface area contributed by atoms with Gasteiger partial charge in [-0.25, -0.2) is 4.98 Å². The fraction of sp³-hybridized carbons (Fsp3) is 0.333. The maximum absolute atomic E-state index is 3.92. The molecular weight excluding hydrogens is 146 g/mol. The summed E-state index contributed by atoms with van der Waals surface area (Å²) in [5, 5.41) is 3.82. The van der Waals surface area contributed by atoms with Gasteiger partial charge in [-0.3, -0.25) is 0 Å². The molecule has 0 amide bonds. The zero-order valence-electron chi connectivity index (χ0n) is 5.59. The van der Waals surface area contributed by atoms with Crippen molar-refractivity contribution in [3.05, 3.63) is 6.33 Å². The van der Waals surface area contributed by atoms with Gasteiger partial charge in [-0.2, -0.15) is 4.37 Å². The van der Waals surface area contributed by atoms with Crippen LogP contribution in [-0.2, 0) is 0 Å². The van der Waals surface area contributed by atoms with Crippen LogP contribution in [-0.4, -0.2) is 15.9 Å². The van der Waals surface area contributed by atoms with Crippen LogP contribution in [0.1, 0.15) is 6.92 Å². The minimum absolute atomic E-state index is 0.645. The molecule has 10 heavy (non-hydrogen) atoms. The Bertz CT molecular complexity index is 231. The first kappa shape index (κ1) is 7.03. The lowest BCUT2D eigenvalue weighted by Crippen LogP contribution is -1.96. The number of nitrogens with zero attached hydrogens (tertiary/aromatic N) is 2. The highest BCUT2D eigenvalue weighted by atomic mass is 32.1. The van der Waals surface area contributed by atoms with Gasteiger partial charge in [-0.05, 0) is 6.92 Å². The van der Waals surface area contributed by atoms with Crippen LogP contribution < -0.4 is 5.32 Å². The lowest BCUT2D eigenvalue weighted by atomic mass is 10.6. The Morgan fingerprint density at radius 3 is 3.30 bits per heavy atom. The summed E-state index contributed by atoms with van der Waals surface area (Å²) in [4.78, 5) is 3.92. The van der Waals surface area contributed by atoms with Crippen molar-refractivity contribution in [1.82, 2.24) is 9.36 Å². The Labute approximate surface area is 63.7 Å². The van der Waals surface area contributed by atoms with E-state index in [1.54, 1.807) is 0 Å². The summed E-state index contributed by atoms with van der Waals surface area (Å²) >= 11 is 1.33. The molecule has 0 spiro atoms. The molecule has 1 N–H and O–H groups in total. The molecule has 52 valence electrons. The highest BCUT2D eigenvalue weighted by molar-refractivity contribution is 7.09. The van der Waals surface area contributed by atoms with Crippen molar-refractivity contribution in [2.75, 3.05) is 11.9 Å². The van der Waals surface area contributed by atoms with Crippen molar-refractivity contribution in [2.24, 2.45) is 0 Å². The van der Waals surface area contributed by atoms with Crippen molar-refractivity contribution in [3.8, 4) is 11.8 Å². The molecular formula is C6H7N3S. The number of hydrogen-bond acceptors (Lipinski definition) is 4. The van der Waals surface area contributed by atoms with Crippen LogP contribution in [0.4, 0.5) is 5.13 Å². The molecule has 0 atom stereocenters. The second-order valence-corrected chi connectivity index (χ2v) is 2.31. The third kappa shape index (κ3) is 2.03. The normalized spacial score (nSPS) is 8.10. The lowest BCUT2D eigenvalue weighted by molar-refractivity contribution is 1.27. The zero-order chi connectivity index (χ0) is 7.23. The molecule has 1 aromatic rings. The minimum atomic E-state index is 0.645. The van der Waals surface area contributed by atoms with Crippen molar-refractivity contribution in [1.29, 1.82) is 0 Å². The predicted molar refractivity (Wildman–Crippen MR) is 41.8 cm³/mol. The summed E-state index contributed by atoms with van der Waals surface area (Å²) in [7, 11) is 0. The van der Waals surface area contributed by atoms with E-state index in [-0.39, 0.29) is 0 Å². The molecule has 1 heterocycles. The minimum Gasteiger partial charge on any atom is -0.349 e. The standard InChI is InChI=1S/C6H7N3S/c1-2-3-4-7-6-8-5-9-10-6/h5H,4H2,1H3,(H,7,8,9). The van der Waals surface area contributed by atoms with E-state index < -0.39 is 0 Å². The highest BCUT2D eigenvalue weighted by Gasteiger charge is 1.89. The molecule has 0 radical (unpaired) electrons. The number of nitrogens with one attached hydrogen (secondary N) is 1. The van der Waals surface area contributed by atoms with Crippen molar-refractivity contribution >= 4 is 16.7 Å². The van der Waals surface area contributed by atoms with Crippen molar-refractivity contribution in [3.63, 3.8) is 0 Å². The third-order valence-corrected chi connectivity index (χ3v) is 1.49. The summed E-state index contributed by atoms with van der Waals surface area (Å²) < 4.78 is 3.82. The third-order valence-electron chi connectivity index (χ3n) is 0.866. The number of rotatable bonds is 2. The van der Waals surface area contributed by atoms with Gasteiger partial charge in [0.25, 0.3) is 0 Å². The van der Waals surface area contributed by atoms with E-state index >= 15 is 0 Å². The fourth-order valence-corrected chi connectivity index (χ4v) is 0.884. The maximum atomic E-state index is 3.92. The molecule has 1 aromatic heterocycles. The molecule has 0 bridgehead atoms. The summed E-state index contributed by atoms with van der Waals surface area (Å²) in [6, 6.07) is 0. The number of hydrogen-bond donors (Lipinski definition) is 1. The first-order valence-corrected chi connectivity index (χ1v) is 3.61. The quantitative estimate of drug-likeness (QED) is 0.643. The highest BCUT2D eigenvalue weighted by Crippen LogP contribution is 2.04. The maximum Gasteiger partial charge on any atom is 0.203 e. The molecule has 0 fully saturated rings. The summed E-state index contributed by atoms with van der Waals surface area (Å²) in [5.41, 5.74) is 0. The van der Waals surface area contributed by atoms with Gasteiger partial charge in [0, 0.05) is 11.5 Å². The molecule has 0 aliphatic rings. The van der Waals surface area contributed by atoms with E-state index in [2.05, 4.69) is 26.5 Å². The monoisotopic (exact) mass is 153 g/mol. The van der Waals surface area contributed by atoms with Crippen LogP contribution in [0.2, 0.25) is 0 Å². The zero-order valence-corrected chi connectivity index (χ0v) is 6.40. The molecule has 0 unspecified atom stereocenters. The average Bonchev–Trinajstić information content (AvgIpc) is 2.41. The van der Waals surface area contributed by atoms with Crippen molar-refractivity contribution in [2.45, 2.75) is 6.92 Å². The first-order chi connectivity index (χ1) is 4.93. The van der Waals surface area contributed by atoms with Gasteiger partial charge in [0.05, 0.1) is 6.54 Å². The van der Waals surface area contributed by atoms with Gasteiger partial charge < -0.3 is 5.32 Å². The Kier molecular flexibility index (Phi) is 2.71. The SMILES string of the molecule is CC#CCNc1ncns1. The topological polar surface area (TPSA) is 37.8 Å². The second kappa shape index (κ2) is 3.85. The number of aromatic nitrogens is 2. The van der Waals surface area contributed by atoms with E-state index in [9.17, 15) is 0 Å². The van der Waals surface area contributed by atoms with E-state index in [0.29, 0.717) is 6.54 Å². The fourth-order valence-electron chi connectivity index (χ4n) is 0.459. The van der Waals surface area contributed by atoms with Crippen LogP contribution in [0.15, 0.2) is 6.33 Å². The molecule has 0 aliphatic heterocycles. The number of anilines is 1. The Hall–Kier alpha value is -1.08. The average molecular weight is 153 g/mol. The molecule has 4 heteroatoms. The Morgan fingerprint density at radius 2 is 2.70 bits per heavy atom. The largest absolute Gasteiger partial charge is 0.349 e. The second-order valence-electron chi connectivity index (χ2n) is 1.53. The van der Waals surface area contributed by atoms with E-state index in [4.69, 9.17) is 0 Å². The molecule has 3 nitrogen and oxygen atoms in total. The van der Waals surface area contributed by atoms with E-state index in [1.807, 2.05) is 6.92 Å². The smallest absolute Gasteiger partial charge is 0.203 e. The molecule has 0 saturated heterocycles. The Balaban J connectivity index is 2.32. The molecule has 0 saturated carbocycles.